The fourth-order valence-electron chi connectivity index (χ4n) is 2.71. The number of carbonyl (C=O) groups is 1. The van der Waals surface area contributed by atoms with Crippen molar-refractivity contribution in [2.75, 3.05) is 18.4 Å². The highest BCUT2D eigenvalue weighted by molar-refractivity contribution is 6.32. The van der Waals surface area contributed by atoms with Crippen molar-refractivity contribution in [3.8, 4) is 0 Å². The van der Waals surface area contributed by atoms with Crippen LogP contribution in [0.2, 0.25) is 5.15 Å². The molecule has 0 unspecified atom stereocenters. The van der Waals surface area contributed by atoms with Crippen molar-refractivity contribution < 1.29 is 4.79 Å². The standard InChI is InChI=1S/C14H20ClN3O/c1-2-5-14(6-9-16-10-7-14)13(19)18-11-4-3-8-17-12(11)15/h3-4,8,16H,2,5-7,9-10H2,1H3,(H,18,19). The van der Waals surface area contributed by atoms with E-state index in [-0.39, 0.29) is 11.3 Å². The van der Waals surface area contributed by atoms with Gasteiger partial charge in [-0.15, -0.1) is 0 Å². The van der Waals surface area contributed by atoms with Crippen LogP contribution in [0.5, 0.6) is 0 Å². The zero-order valence-electron chi connectivity index (χ0n) is 11.2. The molecule has 1 aromatic rings. The summed E-state index contributed by atoms with van der Waals surface area (Å²) in [4.78, 5) is 16.6. The van der Waals surface area contributed by atoms with E-state index in [1.807, 2.05) is 0 Å². The Morgan fingerprint density at radius 3 is 2.89 bits per heavy atom. The Kier molecular flexibility index (Phi) is 4.77. The lowest BCUT2D eigenvalue weighted by molar-refractivity contribution is -0.127. The van der Waals surface area contributed by atoms with Crippen LogP contribution in [0.3, 0.4) is 0 Å². The third-order valence-corrected chi connectivity index (χ3v) is 4.08. The molecular formula is C14H20ClN3O. The monoisotopic (exact) mass is 281 g/mol. The highest BCUT2D eigenvalue weighted by Gasteiger charge is 2.38. The number of carbonyl (C=O) groups excluding carboxylic acids is 1. The van der Waals surface area contributed by atoms with Gasteiger partial charge < -0.3 is 10.6 Å². The number of nitrogens with one attached hydrogen (secondary N) is 2. The first-order valence-corrected chi connectivity index (χ1v) is 7.18. The van der Waals surface area contributed by atoms with Crippen molar-refractivity contribution in [3.05, 3.63) is 23.5 Å². The molecule has 104 valence electrons. The fraction of sp³-hybridized carbons (Fsp3) is 0.571. The van der Waals surface area contributed by atoms with E-state index < -0.39 is 0 Å². The minimum absolute atomic E-state index is 0.0748. The predicted molar refractivity (Wildman–Crippen MR) is 77.3 cm³/mol. The molecule has 0 bridgehead atoms. The molecule has 2 heterocycles. The molecule has 1 aliphatic rings. The maximum Gasteiger partial charge on any atom is 0.230 e. The Bertz CT molecular complexity index is 439. The van der Waals surface area contributed by atoms with E-state index in [9.17, 15) is 4.79 Å². The molecule has 0 radical (unpaired) electrons. The van der Waals surface area contributed by atoms with E-state index in [4.69, 9.17) is 11.6 Å². The number of anilines is 1. The first kappa shape index (κ1) is 14.3. The zero-order chi connectivity index (χ0) is 13.7. The van der Waals surface area contributed by atoms with Crippen LogP contribution >= 0.6 is 11.6 Å². The molecule has 0 saturated carbocycles. The normalized spacial score (nSPS) is 18.0. The molecule has 2 N–H and O–H groups in total. The van der Waals surface area contributed by atoms with E-state index >= 15 is 0 Å². The minimum Gasteiger partial charge on any atom is -0.323 e. The van der Waals surface area contributed by atoms with Gasteiger partial charge in [0.1, 0.15) is 0 Å². The summed E-state index contributed by atoms with van der Waals surface area (Å²) in [6, 6.07) is 3.56. The highest BCUT2D eigenvalue weighted by Crippen LogP contribution is 2.35. The van der Waals surface area contributed by atoms with Gasteiger partial charge in [0.05, 0.1) is 11.1 Å². The largest absolute Gasteiger partial charge is 0.323 e. The number of halogens is 1. The average Bonchev–Trinajstić information content (AvgIpc) is 2.42. The van der Waals surface area contributed by atoms with E-state index in [1.165, 1.54) is 0 Å². The van der Waals surface area contributed by atoms with Crippen LogP contribution in [0.1, 0.15) is 32.6 Å². The van der Waals surface area contributed by atoms with E-state index in [0.717, 1.165) is 38.8 Å². The second-order valence-corrected chi connectivity index (χ2v) is 5.43. The maximum absolute atomic E-state index is 12.6. The number of aromatic nitrogens is 1. The number of amides is 1. The van der Waals surface area contributed by atoms with Gasteiger partial charge in [-0.3, -0.25) is 4.79 Å². The number of rotatable bonds is 4. The van der Waals surface area contributed by atoms with Gasteiger partial charge in [-0.05, 0) is 44.5 Å². The van der Waals surface area contributed by atoms with Gasteiger partial charge in [-0.1, -0.05) is 24.9 Å². The van der Waals surface area contributed by atoms with E-state index in [2.05, 4.69) is 22.5 Å². The summed E-state index contributed by atoms with van der Waals surface area (Å²) in [5.74, 6) is 0.0748. The van der Waals surface area contributed by atoms with Gasteiger partial charge in [0.25, 0.3) is 0 Å². The number of hydrogen-bond donors (Lipinski definition) is 2. The zero-order valence-corrected chi connectivity index (χ0v) is 12.0. The van der Waals surface area contributed by atoms with Crippen molar-refractivity contribution >= 4 is 23.2 Å². The van der Waals surface area contributed by atoms with Crippen LogP contribution in [-0.2, 0) is 4.79 Å². The summed E-state index contributed by atoms with van der Waals surface area (Å²) in [6.07, 6.45) is 5.30. The molecule has 0 spiro atoms. The van der Waals surface area contributed by atoms with Crippen LogP contribution < -0.4 is 10.6 Å². The Balaban J connectivity index is 2.14. The topological polar surface area (TPSA) is 54.0 Å². The molecule has 4 nitrogen and oxygen atoms in total. The van der Waals surface area contributed by atoms with Gasteiger partial charge in [-0.2, -0.15) is 0 Å². The Morgan fingerprint density at radius 2 is 2.26 bits per heavy atom. The van der Waals surface area contributed by atoms with Crippen molar-refractivity contribution in [1.82, 2.24) is 10.3 Å². The summed E-state index contributed by atoms with van der Waals surface area (Å²) in [7, 11) is 0. The second-order valence-electron chi connectivity index (χ2n) is 5.08. The molecular weight excluding hydrogens is 262 g/mol. The number of hydrogen-bond acceptors (Lipinski definition) is 3. The number of pyridine rings is 1. The van der Waals surface area contributed by atoms with Crippen molar-refractivity contribution in [2.24, 2.45) is 5.41 Å². The maximum atomic E-state index is 12.6. The second kappa shape index (κ2) is 6.35. The summed E-state index contributed by atoms with van der Waals surface area (Å²) in [5.41, 5.74) is 0.335. The third kappa shape index (κ3) is 3.25. The first-order valence-electron chi connectivity index (χ1n) is 6.81. The van der Waals surface area contributed by atoms with Crippen molar-refractivity contribution in [3.63, 3.8) is 0 Å². The van der Waals surface area contributed by atoms with Gasteiger partial charge in [0.15, 0.2) is 5.15 Å². The molecule has 1 saturated heterocycles. The first-order chi connectivity index (χ1) is 9.18. The summed E-state index contributed by atoms with van der Waals surface area (Å²) in [5, 5.41) is 6.60. The van der Waals surface area contributed by atoms with Crippen molar-refractivity contribution in [2.45, 2.75) is 32.6 Å². The molecule has 0 aromatic carbocycles. The third-order valence-electron chi connectivity index (χ3n) is 3.78. The minimum atomic E-state index is -0.265. The highest BCUT2D eigenvalue weighted by atomic mass is 35.5. The number of nitrogens with zero attached hydrogens (tertiary/aromatic N) is 1. The summed E-state index contributed by atoms with van der Waals surface area (Å²) in [6.45, 7) is 3.91. The predicted octanol–water partition coefficient (Wildman–Crippen LogP) is 2.84. The van der Waals surface area contributed by atoms with Gasteiger partial charge in [0.2, 0.25) is 5.91 Å². The van der Waals surface area contributed by atoms with Crippen LogP contribution in [0.25, 0.3) is 0 Å². The van der Waals surface area contributed by atoms with Gasteiger partial charge >= 0.3 is 0 Å². The molecule has 1 fully saturated rings. The van der Waals surface area contributed by atoms with Gasteiger partial charge in [-0.25, -0.2) is 4.98 Å². The van der Waals surface area contributed by atoms with Crippen LogP contribution in [-0.4, -0.2) is 24.0 Å². The Labute approximate surface area is 118 Å². The molecule has 1 amide bonds. The molecule has 1 aromatic heterocycles. The molecule has 0 atom stereocenters. The molecule has 2 rings (SSSR count). The molecule has 1 aliphatic heterocycles. The molecule has 5 heteroatoms. The Hall–Kier alpha value is -1.13. The average molecular weight is 282 g/mol. The smallest absolute Gasteiger partial charge is 0.230 e. The van der Waals surface area contributed by atoms with Crippen LogP contribution in [0.4, 0.5) is 5.69 Å². The van der Waals surface area contributed by atoms with Gasteiger partial charge in [0, 0.05) is 6.20 Å². The quantitative estimate of drug-likeness (QED) is 0.835. The molecule has 0 aliphatic carbocycles. The summed E-state index contributed by atoms with van der Waals surface area (Å²) >= 11 is 5.99. The van der Waals surface area contributed by atoms with Crippen LogP contribution in [0, 0.1) is 5.41 Å². The SMILES string of the molecule is CCCC1(C(=O)Nc2cccnc2Cl)CCNCC1. The van der Waals surface area contributed by atoms with E-state index in [0.29, 0.717) is 10.8 Å². The fourth-order valence-corrected chi connectivity index (χ4v) is 2.88. The summed E-state index contributed by atoms with van der Waals surface area (Å²) < 4.78 is 0. The lowest BCUT2D eigenvalue weighted by Crippen LogP contribution is -2.44. The lowest BCUT2D eigenvalue weighted by Gasteiger charge is -2.36. The lowest BCUT2D eigenvalue weighted by atomic mass is 9.74. The number of piperidine rings is 1. The van der Waals surface area contributed by atoms with Crippen molar-refractivity contribution in [1.29, 1.82) is 0 Å². The Morgan fingerprint density at radius 1 is 1.53 bits per heavy atom. The molecule has 19 heavy (non-hydrogen) atoms. The van der Waals surface area contributed by atoms with E-state index in [1.54, 1.807) is 18.3 Å². The van der Waals surface area contributed by atoms with Crippen LogP contribution in [0.15, 0.2) is 18.3 Å².